The lowest BCUT2D eigenvalue weighted by atomic mass is 10.1. The van der Waals surface area contributed by atoms with Crippen LogP contribution in [0.2, 0.25) is 0 Å². The lowest BCUT2D eigenvalue weighted by Gasteiger charge is -2.34. The van der Waals surface area contributed by atoms with Gasteiger partial charge in [0.15, 0.2) is 5.43 Å². The van der Waals surface area contributed by atoms with Crippen LogP contribution in [0.4, 0.5) is 0 Å². The normalized spacial score (nSPS) is 17.5. The Labute approximate surface area is 157 Å². The van der Waals surface area contributed by atoms with E-state index < -0.39 is 0 Å². The average molecular weight is 425 g/mol. The van der Waals surface area contributed by atoms with Crippen LogP contribution in [-0.2, 0) is 9.53 Å². The maximum Gasteiger partial charge on any atom is 0.307 e. The Morgan fingerprint density at radius 1 is 1.40 bits per heavy atom. The second-order valence-electron chi connectivity index (χ2n) is 5.74. The average Bonchev–Trinajstić information content (AvgIpc) is 2.62. The van der Waals surface area contributed by atoms with Crippen molar-refractivity contribution >= 4 is 50.5 Å². The van der Waals surface area contributed by atoms with E-state index in [0.717, 1.165) is 10.2 Å². The third-order valence-corrected chi connectivity index (χ3v) is 5.73. The number of aromatic amines is 1. The summed E-state index contributed by atoms with van der Waals surface area (Å²) in [6.45, 7) is 0.533. The van der Waals surface area contributed by atoms with Crippen molar-refractivity contribution in [2.24, 2.45) is 0 Å². The van der Waals surface area contributed by atoms with Crippen molar-refractivity contribution in [3.8, 4) is 0 Å². The molecule has 1 saturated heterocycles. The number of amides is 1. The summed E-state index contributed by atoms with van der Waals surface area (Å²) in [5.41, 5.74) is 0.630. The fraction of sp³-hybridized carbons (Fsp3) is 0.353. The second-order valence-corrected chi connectivity index (χ2v) is 7.81. The zero-order valence-corrected chi connectivity index (χ0v) is 16.0. The lowest BCUT2D eigenvalue weighted by Crippen LogP contribution is -2.47. The van der Waals surface area contributed by atoms with E-state index in [4.69, 9.17) is 4.74 Å². The molecule has 8 heteroatoms. The predicted molar refractivity (Wildman–Crippen MR) is 101 cm³/mol. The SMILES string of the molecule is COC(=O)C[C@@H]1CSCCN1C(=O)c1cc(=O)c2cc(Br)ccc2[nH]1. The molecule has 3 rings (SSSR count). The van der Waals surface area contributed by atoms with Crippen LogP contribution in [0.1, 0.15) is 16.9 Å². The van der Waals surface area contributed by atoms with Gasteiger partial charge in [-0.1, -0.05) is 15.9 Å². The molecule has 1 aromatic heterocycles. The first-order valence-corrected chi connectivity index (χ1v) is 9.72. The van der Waals surface area contributed by atoms with Crippen LogP contribution < -0.4 is 5.43 Å². The number of nitrogens with one attached hydrogen (secondary N) is 1. The number of hydrogen-bond acceptors (Lipinski definition) is 5. The first-order valence-electron chi connectivity index (χ1n) is 7.77. The summed E-state index contributed by atoms with van der Waals surface area (Å²) < 4.78 is 5.53. The van der Waals surface area contributed by atoms with Crippen LogP contribution in [0, 0.1) is 0 Å². The molecule has 1 aromatic carbocycles. The largest absolute Gasteiger partial charge is 0.469 e. The van der Waals surface area contributed by atoms with Gasteiger partial charge in [0, 0.05) is 39.5 Å². The van der Waals surface area contributed by atoms with Gasteiger partial charge in [-0.15, -0.1) is 0 Å². The predicted octanol–water partition coefficient (Wildman–Crippen LogP) is 2.41. The molecule has 1 aliphatic rings. The summed E-state index contributed by atoms with van der Waals surface area (Å²) in [6, 6.07) is 6.39. The van der Waals surface area contributed by atoms with Crippen molar-refractivity contribution in [1.29, 1.82) is 0 Å². The molecule has 0 bridgehead atoms. The Bertz CT molecular complexity index is 883. The van der Waals surface area contributed by atoms with Gasteiger partial charge in [-0.2, -0.15) is 11.8 Å². The molecule has 1 N–H and O–H groups in total. The lowest BCUT2D eigenvalue weighted by molar-refractivity contribution is -0.141. The molecule has 0 spiro atoms. The minimum Gasteiger partial charge on any atom is -0.469 e. The highest BCUT2D eigenvalue weighted by atomic mass is 79.9. The summed E-state index contributed by atoms with van der Waals surface area (Å²) in [5, 5.41) is 0.520. The van der Waals surface area contributed by atoms with Gasteiger partial charge in [-0.3, -0.25) is 14.4 Å². The molecular formula is C17H17BrN2O4S. The van der Waals surface area contributed by atoms with Gasteiger partial charge in [-0.25, -0.2) is 0 Å². The minimum absolute atomic E-state index is 0.153. The summed E-state index contributed by atoms with van der Waals surface area (Å²) in [6.07, 6.45) is 0.153. The van der Waals surface area contributed by atoms with Crippen LogP contribution in [0.15, 0.2) is 33.5 Å². The highest BCUT2D eigenvalue weighted by molar-refractivity contribution is 9.10. The summed E-state index contributed by atoms with van der Waals surface area (Å²) >= 11 is 5.04. The van der Waals surface area contributed by atoms with Crippen LogP contribution in [0.25, 0.3) is 10.9 Å². The first-order chi connectivity index (χ1) is 12.0. The number of benzene rings is 1. The second kappa shape index (κ2) is 7.61. The van der Waals surface area contributed by atoms with Crippen molar-refractivity contribution in [1.82, 2.24) is 9.88 Å². The number of methoxy groups -OCH3 is 1. The van der Waals surface area contributed by atoms with Crippen molar-refractivity contribution in [3.63, 3.8) is 0 Å². The summed E-state index contributed by atoms with van der Waals surface area (Å²) in [4.78, 5) is 41.6. The number of fused-ring (bicyclic) bond motifs is 1. The third kappa shape index (κ3) is 3.90. The molecule has 132 valence electrons. The van der Waals surface area contributed by atoms with Gasteiger partial charge in [0.25, 0.3) is 5.91 Å². The highest BCUT2D eigenvalue weighted by Gasteiger charge is 2.30. The Kier molecular flexibility index (Phi) is 5.48. The van der Waals surface area contributed by atoms with Crippen molar-refractivity contribution in [2.45, 2.75) is 12.5 Å². The zero-order chi connectivity index (χ0) is 18.0. The molecule has 1 amide bonds. The highest BCUT2D eigenvalue weighted by Crippen LogP contribution is 2.22. The Hall–Kier alpha value is -1.80. The molecule has 1 aliphatic heterocycles. The van der Waals surface area contributed by atoms with E-state index in [1.807, 2.05) is 6.07 Å². The molecule has 0 unspecified atom stereocenters. The zero-order valence-electron chi connectivity index (χ0n) is 13.6. The number of carbonyl (C=O) groups is 2. The van der Waals surface area contributed by atoms with Crippen LogP contribution >= 0.6 is 27.7 Å². The molecule has 2 heterocycles. The van der Waals surface area contributed by atoms with E-state index in [-0.39, 0.29) is 35.5 Å². The number of halogens is 1. The molecule has 6 nitrogen and oxygen atoms in total. The number of ether oxygens (including phenoxy) is 1. The Balaban J connectivity index is 1.93. The number of esters is 1. The number of pyridine rings is 1. The topological polar surface area (TPSA) is 79.5 Å². The van der Waals surface area contributed by atoms with Crippen molar-refractivity contribution in [3.05, 3.63) is 44.7 Å². The molecule has 1 fully saturated rings. The molecule has 25 heavy (non-hydrogen) atoms. The van der Waals surface area contributed by atoms with Crippen LogP contribution in [0.3, 0.4) is 0 Å². The fourth-order valence-electron chi connectivity index (χ4n) is 2.86. The maximum atomic E-state index is 12.9. The van der Waals surface area contributed by atoms with Gasteiger partial charge < -0.3 is 14.6 Å². The van der Waals surface area contributed by atoms with Crippen LogP contribution in [-0.4, -0.2) is 53.0 Å². The van der Waals surface area contributed by atoms with E-state index >= 15 is 0 Å². The standard InChI is InChI=1S/C17H17BrN2O4S/c1-24-16(22)7-11-9-25-5-4-20(11)17(23)14-8-15(21)12-6-10(18)2-3-13(12)19-14/h2-3,6,8,11H,4-5,7,9H2,1H3,(H,19,21)/t11-/m1/s1. The van der Waals surface area contributed by atoms with Gasteiger partial charge in [0.05, 0.1) is 19.6 Å². The van der Waals surface area contributed by atoms with E-state index in [1.54, 1.807) is 28.8 Å². The molecular weight excluding hydrogens is 408 g/mol. The van der Waals surface area contributed by atoms with Crippen LogP contribution in [0.5, 0.6) is 0 Å². The van der Waals surface area contributed by atoms with Crippen molar-refractivity contribution < 1.29 is 14.3 Å². The van der Waals surface area contributed by atoms with Gasteiger partial charge >= 0.3 is 5.97 Å². The minimum atomic E-state index is -0.345. The Morgan fingerprint density at radius 2 is 2.20 bits per heavy atom. The van der Waals surface area contributed by atoms with E-state index in [1.165, 1.54) is 13.2 Å². The third-order valence-electron chi connectivity index (χ3n) is 4.14. The smallest absolute Gasteiger partial charge is 0.307 e. The van der Waals surface area contributed by atoms with Gasteiger partial charge in [0.2, 0.25) is 0 Å². The summed E-state index contributed by atoms with van der Waals surface area (Å²) in [5.74, 6) is 0.859. The fourth-order valence-corrected chi connectivity index (χ4v) is 4.28. The van der Waals surface area contributed by atoms with Crippen molar-refractivity contribution in [2.75, 3.05) is 25.2 Å². The molecule has 2 aromatic rings. The number of thioether (sulfide) groups is 1. The Morgan fingerprint density at radius 3 is 2.96 bits per heavy atom. The summed E-state index contributed by atoms with van der Waals surface area (Å²) in [7, 11) is 1.34. The maximum absolute atomic E-state index is 12.9. The molecule has 0 radical (unpaired) electrons. The number of nitrogens with zero attached hydrogens (tertiary/aromatic N) is 1. The van der Waals surface area contributed by atoms with Gasteiger partial charge in [0.1, 0.15) is 5.69 Å². The monoisotopic (exact) mass is 424 g/mol. The number of H-pyrrole nitrogens is 1. The van der Waals surface area contributed by atoms with E-state index in [9.17, 15) is 14.4 Å². The first kappa shape index (κ1) is 18.0. The number of carbonyl (C=O) groups excluding carboxylic acids is 2. The number of aromatic nitrogens is 1. The molecule has 1 atom stereocenters. The van der Waals surface area contributed by atoms with Gasteiger partial charge in [-0.05, 0) is 18.2 Å². The quantitative estimate of drug-likeness (QED) is 0.765. The van der Waals surface area contributed by atoms with E-state index in [2.05, 4.69) is 20.9 Å². The number of hydrogen-bond donors (Lipinski definition) is 1. The molecule has 0 saturated carbocycles. The van der Waals surface area contributed by atoms with E-state index in [0.29, 0.717) is 23.2 Å². The number of rotatable bonds is 3. The molecule has 0 aliphatic carbocycles.